The molecule has 0 spiro atoms. The summed E-state index contributed by atoms with van der Waals surface area (Å²) in [6.07, 6.45) is 2.98. The Morgan fingerprint density at radius 2 is 1.82 bits per heavy atom. The SMILES string of the molecule is O=C(OC/C=C/c1ccccc1)[C@H]1COc2ccccc2O1. The Morgan fingerprint density at radius 3 is 2.64 bits per heavy atom. The summed E-state index contributed by atoms with van der Waals surface area (Å²) in [7, 11) is 0. The van der Waals surface area contributed by atoms with Crippen LogP contribution in [0.4, 0.5) is 0 Å². The zero-order valence-electron chi connectivity index (χ0n) is 12.0. The number of fused-ring (bicyclic) bond motifs is 1. The summed E-state index contributed by atoms with van der Waals surface area (Å²) in [6.45, 7) is 0.369. The Kier molecular flexibility index (Phi) is 4.39. The molecule has 22 heavy (non-hydrogen) atoms. The highest BCUT2D eigenvalue weighted by Crippen LogP contribution is 2.31. The van der Waals surface area contributed by atoms with Crippen molar-refractivity contribution in [3.63, 3.8) is 0 Å². The number of ether oxygens (including phenoxy) is 3. The Hall–Kier alpha value is -2.75. The van der Waals surface area contributed by atoms with E-state index in [2.05, 4.69) is 0 Å². The van der Waals surface area contributed by atoms with Gasteiger partial charge >= 0.3 is 5.97 Å². The summed E-state index contributed by atoms with van der Waals surface area (Å²) in [6, 6.07) is 17.1. The third-order valence-electron chi connectivity index (χ3n) is 3.20. The summed E-state index contributed by atoms with van der Waals surface area (Å²) in [5.41, 5.74) is 1.06. The molecule has 0 aliphatic carbocycles. The van der Waals surface area contributed by atoms with Gasteiger partial charge in [0.1, 0.15) is 13.2 Å². The minimum Gasteiger partial charge on any atom is -0.485 e. The summed E-state index contributed by atoms with van der Waals surface area (Å²) < 4.78 is 16.3. The maximum Gasteiger partial charge on any atom is 0.351 e. The predicted molar refractivity (Wildman–Crippen MR) is 82.8 cm³/mol. The van der Waals surface area contributed by atoms with Gasteiger partial charge in [-0.05, 0) is 23.8 Å². The van der Waals surface area contributed by atoms with Gasteiger partial charge in [0.2, 0.25) is 6.10 Å². The standard InChI is InChI=1S/C18H16O4/c19-18(20-12-6-9-14-7-2-1-3-8-14)17-13-21-15-10-4-5-11-16(15)22-17/h1-11,17H,12-13H2/b9-6+/t17-/m1/s1. The van der Waals surface area contributed by atoms with Crippen LogP contribution in [0, 0.1) is 0 Å². The molecule has 0 saturated carbocycles. The third-order valence-corrected chi connectivity index (χ3v) is 3.20. The van der Waals surface area contributed by atoms with Crippen molar-refractivity contribution in [1.82, 2.24) is 0 Å². The van der Waals surface area contributed by atoms with Crippen molar-refractivity contribution < 1.29 is 19.0 Å². The average molecular weight is 296 g/mol. The van der Waals surface area contributed by atoms with Crippen LogP contribution < -0.4 is 9.47 Å². The fourth-order valence-electron chi connectivity index (χ4n) is 2.11. The third kappa shape index (κ3) is 3.47. The zero-order chi connectivity index (χ0) is 15.2. The molecule has 0 saturated heterocycles. The molecule has 0 radical (unpaired) electrons. The summed E-state index contributed by atoms with van der Waals surface area (Å²) in [4.78, 5) is 12.0. The first kappa shape index (κ1) is 14.2. The van der Waals surface area contributed by atoms with Crippen LogP contribution in [0.2, 0.25) is 0 Å². The van der Waals surface area contributed by atoms with Crippen molar-refractivity contribution in [1.29, 1.82) is 0 Å². The van der Waals surface area contributed by atoms with Gasteiger partial charge in [-0.15, -0.1) is 0 Å². The quantitative estimate of drug-likeness (QED) is 0.813. The molecular formula is C18H16O4. The lowest BCUT2D eigenvalue weighted by Crippen LogP contribution is -2.37. The molecule has 2 aromatic carbocycles. The predicted octanol–water partition coefficient (Wildman–Crippen LogP) is 3.08. The van der Waals surface area contributed by atoms with Crippen molar-refractivity contribution in [3.05, 3.63) is 66.2 Å². The smallest absolute Gasteiger partial charge is 0.351 e. The first-order valence-electron chi connectivity index (χ1n) is 7.09. The van der Waals surface area contributed by atoms with E-state index in [1.54, 1.807) is 18.2 Å². The number of hydrogen-bond acceptors (Lipinski definition) is 4. The molecule has 1 heterocycles. The molecule has 0 unspecified atom stereocenters. The highest BCUT2D eigenvalue weighted by Gasteiger charge is 2.28. The molecule has 0 fully saturated rings. The van der Waals surface area contributed by atoms with E-state index in [-0.39, 0.29) is 13.2 Å². The van der Waals surface area contributed by atoms with Gasteiger partial charge in [-0.1, -0.05) is 48.5 Å². The van der Waals surface area contributed by atoms with Gasteiger partial charge in [0.05, 0.1) is 0 Å². The lowest BCUT2D eigenvalue weighted by Gasteiger charge is -2.24. The number of carbonyl (C=O) groups is 1. The molecule has 2 aromatic rings. The van der Waals surface area contributed by atoms with E-state index in [1.807, 2.05) is 48.5 Å². The number of hydrogen-bond donors (Lipinski definition) is 0. The van der Waals surface area contributed by atoms with Gasteiger partial charge < -0.3 is 14.2 Å². The fourth-order valence-corrected chi connectivity index (χ4v) is 2.11. The van der Waals surface area contributed by atoms with Gasteiger partial charge in [0.15, 0.2) is 11.5 Å². The number of esters is 1. The van der Waals surface area contributed by atoms with Crippen LogP contribution >= 0.6 is 0 Å². The molecule has 0 amide bonds. The second-order valence-corrected chi connectivity index (χ2v) is 4.81. The molecule has 1 atom stereocenters. The molecular weight excluding hydrogens is 280 g/mol. The second kappa shape index (κ2) is 6.80. The zero-order valence-corrected chi connectivity index (χ0v) is 12.0. The van der Waals surface area contributed by atoms with Crippen LogP contribution in [-0.2, 0) is 9.53 Å². The van der Waals surface area contributed by atoms with Crippen molar-refractivity contribution in [2.75, 3.05) is 13.2 Å². The fraction of sp³-hybridized carbons (Fsp3) is 0.167. The van der Waals surface area contributed by atoms with Gasteiger partial charge in [-0.3, -0.25) is 0 Å². The van der Waals surface area contributed by atoms with Gasteiger partial charge in [0.25, 0.3) is 0 Å². The van der Waals surface area contributed by atoms with Crippen LogP contribution in [0.25, 0.3) is 6.08 Å². The maximum absolute atomic E-state index is 12.0. The number of rotatable bonds is 4. The maximum atomic E-state index is 12.0. The lowest BCUT2D eigenvalue weighted by molar-refractivity contribution is -0.153. The van der Waals surface area contributed by atoms with E-state index >= 15 is 0 Å². The number of benzene rings is 2. The van der Waals surface area contributed by atoms with E-state index in [9.17, 15) is 4.79 Å². The molecule has 112 valence electrons. The van der Waals surface area contributed by atoms with Crippen LogP contribution in [0.5, 0.6) is 11.5 Å². The molecule has 1 aliphatic heterocycles. The Morgan fingerprint density at radius 1 is 1.09 bits per heavy atom. The normalized spacial score (nSPS) is 16.5. The van der Waals surface area contributed by atoms with Crippen molar-refractivity contribution in [2.24, 2.45) is 0 Å². The largest absolute Gasteiger partial charge is 0.485 e. The lowest BCUT2D eigenvalue weighted by atomic mass is 10.2. The summed E-state index contributed by atoms with van der Waals surface area (Å²) in [5, 5.41) is 0. The molecule has 1 aliphatic rings. The van der Waals surface area contributed by atoms with Gasteiger partial charge in [-0.25, -0.2) is 4.79 Å². The van der Waals surface area contributed by atoms with Crippen LogP contribution in [-0.4, -0.2) is 25.3 Å². The average Bonchev–Trinajstić information content (AvgIpc) is 2.59. The van der Waals surface area contributed by atoms with Crippen LogP contribution in [0.15, 0.2) is 60.7 Å². The molecule has 4 heteroatoms. The minimum atomic E-state index is -0.722. The first-order valence-corrected chi connectivity index (χ1v) is 7.09. The molecule has 4 nitrogen and oxygen atoms in total. The monoisotopic (exact) mass is 296 g/mol. The summed E-state index contributed by atoms with van der Waals surface area (Å²) >= 11 is 0. The van der Waals surface area contributed by atoms with Crippen molar-refractivity contribution in [2.45, 2.75) is 6.10 Å². The Bertz CT molecular complexity index is 664. The van der Waals surface area contributed by atoms with E-state index in [1.165, 1.54) is 0 Å². The number of carbonyl (C=O) groups excluding carboxylic acids is 1. The van der Waals surface area contributed by atoms with Crippen molar-refractivity contribution in [3.8, 4) is 11.5 Å². The summed E-state index contributed by atoms with van der Waals surface area (Å²) in [5.74, 6) is 0.790. The first-order chi connectivity index (χ1) is 10.8. The van der Waals surface area contributed by atoms with Crippen LogP contribution in [0.1, 0.15) is 5.56 Å². The highest BCUT2D eigenvalue weighted by molar-refractivity contribution is 5.76. The molecule has 0 N–H and O–H groups in total. The molecule has 0 aromatic heterocycles. The van der Waals surface area contributed by atoms with E-state index in [4.69, 9.17) is 14.2 Å². The van der Waals surface area contributed by atoms with E-state index < -0.39 is 12.1 Å². The van der Waals surface area contributed by atoms with Crippen molar-refractivity contribution >= 4 is 12.0 Å². The number of para-hydroxylation sites is 2. The highest BCUT2D eigenvalue weighted by atomic mass is 16.6. The van der Waals surface area contributed by atoms with Crippen LogP contribution in [0.3, 0.4) is 0 Å². The van der Waals surface area contributed by atoms with Gasteiger partial charge in [0, 0.05) is 0 Å². The Balaban J connectivity index is 1.50. The molecule has 3 rings (SSSR count). The Labute approximate surface area is 128 Å². The van der Waals surface area contributed by atoms with E-state index in [0.29, 0.717) is 11.5 Å². The molecule has 0 bridgehead atoms. The van der Waals surface area contributed by atoms with E-state index in [0.717, 1.165) is 5.56 Å². The van der Waals surface area contributed by atoms with Gasteiger partial charge in [-0.2, -0.15) is 0 Å². The second-order valence-electron chi connectivity index (χ2n) is 4.81. The topological polar surface area (TPSA) is 44.8 Å². The minimum absolute atomic E-state index is 0.165.